The minimum atomic E-state index is -0.945. The third kappa shape index (κ3) is 3.89. The molecule has 2 aromatic carbocycles. The smallest absolute Gasteiger partial charge is 0.338 e. The summed E-state index contributed by atoms with van der Waals surface area (Å²) in [6.45, 7) is 4.76. The molecule has 3 rings (SSSR count). The lowest BCUT2D eigenvalue weighted by molar-refractivity contribution is -0.114. The molecule has 0 spiro atoms. The summed E-state index contributed by atoms with van der Waals surface area (Å²) in [4.78, 5) is 39.6. The van der Waals surface area contributed by atoms with Crippen LogP contribution in [0.2, 0.25) is 0 Å². The number of anilines is 1. The number of benzene rings is 2. The molecule has 0 saturated carbocycles. The summed E-state index contributed by atoms with van der Waals surface area (Å²) < 4.78 is 5.37. The van der Waals surface area contributed by atoms with Gasteiger partial charge in [0.15, 0.2) is 6.10 Å². The molecule has 0 fully saturated rings. The van der Waals surface area contributed by atoms with E-state index in [1.54, 1.807) is 25.1 Å². The number of Topliss-reactive ketones (excluding diaryl/α,β-unsaturated/α-hetero) is 1. The molecule has 1 atom stereocenters. The van der Waals surface area contributed by atoms with Gasteiger partial charge in [0.2, 0.25) is 11.7 Å². The molecule has 0 saturated heterocycles. The van der Waals surface area contributed by atoms with E-state index < -0.39 is 12.1 Å². The molecule has 1 heterocycles. The van der Waals surface area contributed by atoms with Gasteiger partial charge in [-0.3, -0.25) is 9.59 Å². The van der Waals surface area contributed by atoms with Crippen LogP contribution in [0.4, 0.5) is 5.69 Å². The van der Waals surface area contributed by atoms with Crippen molar-refractivity contribution in [2.45, 2.75) is 26.9 Å². The van der Waals surface area contributed by atoms with Crippen LogP contribution in [-0.4, -0.2) is 28.7 Å². The lowest BCUT2D eigenvalue weighted by Gasteiger charge is -2.13. The Labute approximate surface area is 156 Å². The van der Waals surface area contributed by atoms with Crippen molar-refractivity contribution in [3.05, 3.63) is 65.4 Å². The fraction of sp³-hybridized carbons (Fsp3) is 0.190. The van der Waals surface area contributed by atoms with E-state index in [0.29, 0.717) is 11.3 Å². The molecule has 27 heavy (non-hydrogen) atoms. The number of para-hydroxylation sites is 1. The minimum absolute atomic E-state index is 0.237. The molecule has 0 aliphatic heterocycles. The summed E-state index contributed by atoms with van der Waals surface area (Å²) in [5.41, 5.74) is 2.87. The van der Waals surface area contributed by atoms with Gasteiger partial charge in [-0.1, -0.05) is 24.3 Å². The number of rotatable bonds is 5. The van der Waals surface area contributed by atoms with Crippen LogP contribution in [0.25, 0.3) is 10.9 Å². The van der Waals surface area contributed by atoms with Crippen molar-refractivity contribution in [2.24, 2.45) is 0 Å². The molecule has 0 bridgehead atoms. The van der Waals surface area contributed by atoms with Crippen molar-refractivity contribution < 1.29 is 19.1 Å². The predicted molar refractivity (Wildman–Crippen MR) is 103 cm³/mol. The Morgan fingerprint density at radius 1 is 1.07 bits per heavy atom. The Morgan fingerprint density at radius 2 is 1.81 bits per heavy atom. The van der Waals surface area contributed by atoms with E-state index in [0.717, 1.165) is 16.6 Å². The fourth-order valence-corrected chi connectivity index (χ4v) is 3.01. The largest absolute Gasteiger partial charge is 0.451 e. The van der Waals surface area contributed by atoms with Crippen LogP contribution >= 0.6 is 0 Å². The molecule has 6 heteroatoms. The van der Waals surface area contributed by atoms with Crippen molar-refractivity contribution in [3.8, 4) is 0 Å². The SMILES string of the molecule is CC(=O)Nc1cccc(C(=O)OC(C)C(=O)c2c(C)[nH]c3ccccc23)c1. The van der Waals surface area contributed by atoms with Crippen molar-refractivity contribution in [3.63, 3.8) is 0 Å². The van der Waals surface area contributed by atoms with Crippen LogP contribution in [0, 0.1) is 6.92 Å². The molecule has 0 radical (unpaired) electrons. The average molecular weight is 364 g/mol. The number of aromatic amines is 1. The van der Waals surface area contributed by atoms with E-state index >= 15 is 0 Å². The summed E-state index contributed by atoms with van der Waals surface area (Å²) in [6.07, 6.45) is -0.945. The Hall–Kier alpha value is -3.41. The van der Waals surface area contributed by atoms with Gasteiger partial charge in [-0.2, -0.15) is 0 Å². The Bertz CT molecular complexity index is 1040. The van der Waals surface area contributed by atoms with E-state index in [1.165, 1.54) is 13.0 Å². The van der Waals surface area contributed by atoms with Crippen LogP contribution in [0.3, 0.4) is 0 Å². The quantitative estimate of drug-likeness (QED) is 0.531. The second-order valence-corrected chi connectivity index (χ2v) is 6.34. The number of nitrogens with one attached hydrogen (secondary N) is 2. The fourth-order valence-electron chi connectivity index (χ4n) is 3.01. The third-order valence-corrected chi connectivity index (χ3v) is 4.21. The van der Waals surface area contributed by atoms with Crippen LogP contribution in [0.1, 0.15) is 40.3 Å². The van der Waals surface area contributed by atoms with Gasteiger partial charge in [-0.15, -0.1) is 0 Å². The van der Waals surface area contributed by atoms with Gasteiger partial charge in [0.05, 0.1) is 5.56 Å². The summed E-state index contributed by atoms with van der Waals surface area (Å²) in [7, 11) is 0. The summed E-state index contributed by atoms with van der Waals surface area (Å²) >= 11 is 0. The Balaban J connectivity index is 1.79. The number of aromatic nitrogens is 1. The number of aryl methyl sites for hydroxylation is 1. The number of carbonyl (C=O) groups excluding carboxylic acids is 3. The highest BCUT2D eigenvalue weighted by Crippen LogP contribution is 2.24. The predicted octanol–water partition coefficient (Wildman–Crippen LogP) is 3.86. The first-order valence-corrected chi connectivity index (χ1v) is 8.57. The van der Waals surface area contributed by atoms with Crippen LogP contribution in [0.15, 0.2) is 48.5 Å². The molecule has 1 amide bonds. The lowest BCUT2D eigenvalue weighted by atomic mass is 10.0. The van der Waals surface area contributed by atoms with Gasteiger partial charge in [-0.25, -0.2) is 4.79 Å². The molecular formula is C21H20N2O4. The molecule has 1 aromatic heterocycles. The topological polar surface area (TPSA) is 88.3 Å². The summed E-state index contributed by atoms with van der Waals surface area (Å²) in [6, 6.07) is 13.9. The van der Waals surface area contributed by atoms with Gasteiger partial charge in [0.25, 0.3) is 0 Å². The molecule has 3 aromatic rings. The van der Waals surface area contributed by atoms with E-state index in [4.69, 9.17) is 4.74 Å². The average Bonchev–Trinajstić information content (AvgIpc) is 2.96. The maximum absolute atomic E-state index is 12.9. The van der Waals surface area contributed by atoms with Gasteiger partial charge >= 0.3 is 5.97 Å². The number of ketones is 1. The number of H-pyrrole nitrogens is 1. The summed E-state index contributed by atoms with van der Waals surface area (Å²) in [5.74, 6) is -1.13. The first-order chi connectivity index (χ1) is 12.9. The highest BCUT2D eigenvalue weighted by molar-refractivity contribution is 6.11. The molecule has 0 aliphatic carbocycles. The second kappa shape index (κ2) is 7.45. The maximum atomic E-state index is 12.9. The highest BCUT2D eigenvalue weighted by atomic mass is 16.5. The van der Waals surface area contributed by atoms with Gasteiger partial charge in [-0.05, 0) is 38.1 Å². The van der Waals surface area contributed by atoms with Crippen molar-refractivity contribution in [2.75, 3.05) is 5.32 Å². The Morgan fingerprint density at radius 3 is 2.56 bits per heavy atom. The standard InChI is InChI=1S/C21H20N2O4/c1-12-19(17-9-4-5-10-18(17)22-12)20(25)13(2)27-21(26)15-7-6-8-16(11-15)23-14(3)24/h4-11,13,22H,1-3H3,(H,23,24). The van der Waals surface area contributed by atoms with Crippen molar-refractivity contribution in [1.82, 2.24) is 4.98 Å². The monoisotopic (exact) mass is 364 g/mol. The van der Waals surface area contributed by atoms with E-state index in [2.05, 4.69) is 10.3 Å². The zero-order chi connectivity index (χ0) is 19.6. The number of ether oxygens (including phenoxy) is 1. The van der Waals surface area contributed by atoms with Gasteiger partial charge in [0.1, 0.15) is 0 Å². The number of amides is 1. The maximum Gasteiger partial charge on any atom is 0.338 e. The number of esters is 1. The minimum Gasteiger partial charge on any atom is -0.451 e. The lowest BCUT2D eigenvalue weighted by Crippen LogP contribution is -2.25. The van der Waals surface area contributed by atoms with Gasteiger partial charge < -0.3 is 15.0 Å². The Kier molecular flexibility index (Phi) is 5.07. The van der Waals surface area contributed by atoms with Gasteiger partial charge in [0, 0.05) is 34.8 Å². The first kappa shape index (κ1) is 18.4. The molecule has 6 nitrogen and oxygen atoms in total. The second-order valence-electron chi connectivity index (χ2n) is 6.34. The van der Waals surface area contributed by atoms with Crippen LogP contribution in [-0.2, 0) is 9.53 Å². The molecular weight excluding hydrogens is 344 g/mol. The molecule has 1 unspecified atom stereocenters. The van der Waals surface area contributed by atoms with E-state index in [9.17, 15) is 14.4 Å². The van der Waals surface area contributed by atoms with Crippen molar-refractivity contribution >= 4 is 34.3 Å². The van der Waals surface area contributed by atoms with E-state index in [-0.39, 0.29) is 17.3 Å². The summed E-state index contributed by atoms with van der Waals surface area (Å²) in [5, 5.41) is 3.41. The van der Waals surface area contributed by atoms with Crippen LogP contribution in [0.5, 0.6) is 0 Å². The number of carbonyl (C=O) groups is 3. The van der Waals surface area contributed by atoms with Crippen LogP contribution < -0.4 is 5.32 Å². The number of hydrogen-bond donors (Lipinski definition) is 2. The molecule has 138 valence electrons. The zero-order valence-corrected chi connectivity index (χ0v) is 15.3. The molecule has 0 aliphatic rings. The third-order valence-electron chi connectivity index (χ3n) is 4.21. The normalized spacial score (nSPS) is 11.8. The number of hydrogen-bond acceptors (Lipinski definition) is 4. The molecule has 2 N–H and O–H groups in total. The number of fused-ring (bicyclic) bond motifs is 1. The zero-order valence-electron chi connectivity index (χ0n) is 15.3. The van der Waals surface area contributed by atoms with Crippen molar-refractivity contribution in [1.29, 1.82) is 0 Å². The van der Waals surface area contributed by atoms with E-state index in [1.807, 2.05) is 31.2 Å². The first-order valence-electron chi connectivity index (χ1n) is 8.57. The highest BCUT2D eigenvalue weighted by Gasteiger charge is 2.25.